The first-order valence-corrected chi connectivity index (χ1v) is 8.68. The number of ether oxygens (including phenoxy) is 3. The Morgan fingerprint density at radius 1 is 1.08 bits per heavy atom. The van der Waals surface area contributed by atoms with Crippen molar-refractivity contribution in [3.05, 3.63) is 59.9 Å². The van der Waals surface area contributed by atoms with Crippen LogP contribution in [0.4, 0.5) is 9.18 Å². The van der Waals surface area contributed by atoms with E-state index in [0.29, 0.717) is 11.3 Å². The summed E-state index contributed by atoms with van der Waals surface area (Å²) in [5.74, 6) is -0.437. The van der Waals surface area contributed by atoms with Crippen LogP contribution in [0.3, 0.4) is 0 Å². The van der Waals surface area contributed by atoms with Gasteiger partial charge < -0.3 is 14.2 Å². The van der Waals surface area contributed by atoms with E-state index in [9.17, 15) is 14.0 Å². The largest absolute Gasteiger partial charge is 0.514 e. The Morgan fingerprint density at radius 3 is 2.54 bits per heavy atom. The van der Waals surface area contributed by atoms with Gasteiger partial charge in [0.05, 0.1) is 6.61 Å². The summed E-state index contributed by atoms with van der Waals surface area (Å²) in [5.41, 5.74) is 0.332. The van der Waals surface area contributed by atoms with E-state index in [1.165, 1.54) is 35.6 Å². The topological polar surface area (TPSA) is 61.8 Å². The van der Waals surface area contributed by atoms with Gasteiger partial charge in [0.15, 0.2) is 18.1 Å². The molecule has 2 aromatic carbocycles. The SMILES string of the molecule is CCOC(=O)Oc1sc2ccccc2c1OCC(=O)c1ccc(F)cc1. The molecule has 134 valence electrons. The van der Waals surface area contributed by atoms with Crippen molar-refractivity contribution in [2.45, 2.75) is 6.92 Å². The zero-order chi connectivity index (χ0) is 18.5. The monoisotopic (exact) mass is 374 g/mol. The Balaban J connectivity index is 1.82. The van der Waals surface area contributed by atoms with Gasteiger partial charge in [0.25, 0.3) is 0 Å². The summed E-state index contributed by atoms with van der Waals surface area (Å²) in [6.45, 7) is 1.58. The van der Waals surface area contributed by atoms with Gasteiger partial charge >= 0.3 is 6.16 Å². The van der Waals surface area contributed by atoms with Gasteiger partial charge in [-0.1, -0.05) is 23.5 Å². The first-order valence-electron chi connectivity index (χ1n) is 7.86. The third kappa shape index (κ3) is 4.00. The molecule has 0 saturated heterocycles. The molecule has 5 nitrogen and oxygen atoms in total. The summed E-state index contributed by atoms with van der Waals surface area (Å²) < 4.78 is 29.4. The lowest BCUT2D eigenvalue weighted by Gasteiger charge is -2.08. The van der Waals surface area contributed by atoms with E-state index in [1.807, 2.05) is 24.3 Å². The van der Waals surface area contributed by atoms with Crippen molar-refractivity contribution < 1.29 is 28.2 Å². The van der Waals surface area contributed by atoms with Crippen LogP contribution in [-0.4, -0.2) is 25.2 Å². The molecule has 3 aromatic rings. The number of thiophene rings is 1. The molecule has 0 aliphatic rings. The van der Waals surface area contributed by atoms with Crippen molar-refractivity contribution >= 4 is 33.4 Å². The molecule has 0 unspecified atom stereocenters. The first kappa shape index (κ1) is 17.9. The maximum absolute atomic E-state index is 13.0. The second-order valence-electron chi connectivity index (χ2n) is 5.22. The van der Waals surface area contributed by atoms with Crippen molar-refractivity contribution in [1.29, 1.82) is 0 Å². The van der Waals surface area contributed by atoms with Crippen LogP contribution in [0, 0.1) is 5.82 Å². The predicted molar refractivity (Wildman–Crippen MR) is 95.7 cm³/mol. The van der Waals surface area contributed by atoms with Gasteiger partial charge in [0.1, 0.15) is 5.82 Å². The van der Waals surface area contributed by atoms with Crippen LogP contribution in [0.15, 0.2) is 48.5 Å². The summed E-state index contributed by atoms with van der Waals surface area (Å²) in [4.78, 5) is 23.9. The van der Waals surface area contributed by atoms with Gasteiger partial charge in [-0.3, -0.25) is 4.79 Å². The number of Topliss-reactive ketones (excluding diaryl/α,β-unsaturated/α-hetero) is 1. The third-order valence-corrected chi connectivity index (χ3v) is 4.50. The van der Waals surface area contributed by atoms with Crippen LogP contribution in [0.2, 0.25) is 0 Å². The summed E-state index contributed by atoms with van der Waals surface area (Å²) in [7, 11) is 0. The number of hydrogen-bond acceptors (Lipinski definition) is 6. The highest BCUT2D eigenvalue weighted by molar-refractivity contribution is 7.21. The molecule has 0 atom stereocenters. The zero-order valence-electron chi connectivity index (χ0n) is 13.9. The number of carbonyl (C=O) groups is 2. The standard InChI is InChI=1S/C19H15FO5S/c1-2-23-19(22)25-18-17(14-5-3-4-6-16(14)26-18)24-11-15(21)12-7-9-13(20)10-8-12/h3-10H,2,11H2,1H3. The minimum Gasteiger partial charge on any atom is -0.480 e. The fourth-order valence-corrected chi connectivity index (χ4v) is 3.27. The normalized spacial score (nSPS) is 10.5. The number of carbonyl (C=O) groups excluding carboxylic acids is 2. The average molecular weight is 374 g/mol. The lowest BCUT2D eigenvalue weighted by molar-refractivity contribution is 0.0916. The Bertz CT molecular complexity index is 933. The maximum atomic E-state index is 13.0. The molecule has 0 fully saturated rings. The number of ketones is 1. The van der Waals surface area contributed by atoms with Crippen molar-refractivity contribution in [2.75, 3.05) is 13.2 Å². The van der Waals surface area contributed by atoms with E-state index in [4.69, 9.17) is 14.2 Å². The molecule has 0 radical (unpaired) electrons. The van der Waals surface area contributed by atoms with Crippen molar-refractivity contribution in [2.24, 2.45) is 0 Å². The molecular formula is C19H15FO5S. The quantitative estimate of drug-likeness (QED) is 0.456. The van der Waals surface area contributed by atoms with E-state index >= 15 is 0 Å². The fourth-order valence-electron chi connectivity index (χ4n) is 2.28. The van der Waals surface area contributed by atoms with Crippen LogP contribution in [0.5, 0.6) is 10.8 Å². The van der Waals surface area contributed by atoms with E-state index in [1.54, 1.807) is 6.92 Å². The smallest absolute Gasteiger partial charge is 0.480 e. The number of fused-ring (bicyclic) bond motifs is 1. The van der Waals surface area contributed by atoms with Crippen LogP contribution in [0.1, 0.15) is 17.3 Å². The van der Waals surface area contributed by atoms with Crippen LogP contribution >= 0.6 is 11.3 Å². The zero-order valence-corrected chi connectivity index (χ0v) is 14.7. The Kier molecular flexibility index (Phi) is 5.48. The molecule has 0 amide bonds. The highest BCUT2D eigenvalue weighted by Gasteiger charge is 2.19. The van der Waals surface area contributed by atoms with Crippen LogP contribution in [-0.2, 0) is 4.74 Å². The van der Waals surface area contributed by atoms with Gasteiger partial charge in [-0.15, -0.1) is 0 Å². The summed E-state index contributed by atoms with van der Waals surface area (Å²) in [6.07, 6.45) is -0.839. The van der Waals surface area contributed by atoms with Gasteiger partial charge in [0, 0.05) is 15.6 Å². The van der Waals surface area contributed by atoms with Crippen LogP contribution in [0.25, 0.3) is 10.1 Å². The summed E-state index contributed by atoms with van der Waals surface area (Å²) >= 11 is 1.22. The molecule has 7 heteroatoms. The Labute approximate surface area is 152 Å². The van der Waals surface area contributed by atoms with Crippen LogP contribution < -0.4 is 9.47 Å². The minimum absolute atomic E-state index is 0.184. The second kappa shape index (κ2) is 7.97. The summed E-state index contributed by atoms with van der Waals surface area (Å²) in [5, 5.41) is 0.945. The van der Waals surface area contributed by atoms with Gasteiger partial charge in [-0.05, 0) is 43.3 Å². The molecule has 3 rings (SSSR count). The molecule has 0 aliphatic carbocycles. The summed E-state index contributed by atoms with van der Waals surface area (Å²) in [6, 6.07) is 12.5. The molecule has 0 saturated carbocycles. The number of hydrogen-bond donors (Lipinski definition) is 0. The average Bonchev–Trinajstić information content (AvgIpc) is 2.97. The van der Waals surface area contributed by atoms with E-state index in [0.717, 1.165) is 10.1 Å². The number of benzene rings is 2. The molecule has 26 heavy (non-hydrogen) atoms. The lowest BCUT2D eigenvalue weighted by atomic mass is 10.1. The number of halogens is 1. The second-order valence-corrected chi connectivity index (χ2v) is 6.23. The number of rotatable bonds is 6. The molecular weight excluding hydrogens is 359 g/mol. The lowest BCUT2D eigenvalue weighted by Crippen LogP contribution is -2.13. The van der Waals surface area contributed by atoms with E-state index in [2.05, 4.69) is 0 Å². The molecule has 0 bridgehead atoms. The maximum Gasteiger partial charge on any atom is 0.514 e. The van der Waals surface area contributed by atoms with Crippen molar-refractivity contribution in [1.82, 2.24) is 0 Å². The van der Waals surface area contributed by atoms with E-state index in [-0.39, 0.29) is 24.1 Å². The van der Waals surface area contributed by atoms with Crippen molar-refractivity contribution in [3.63, 3.8) is 0 Å². The Hall–Kier alpha value is -2.93. The third-order valence-electron chi connectivity index (χ3n) is 3.47. The molecule has 0 spiro atoms. The molecule has 1 heterocycles. The molecule has 0 N–H and O–H groups in total. The van der Waals surface area contributed by atoms with Gasteiger partial charge in [-0.2, -0.15) is 0 Å². The van der Waals surface area contributed by atoms with Gasteiger partial charge in [0.2, 0.25) is 5.06 Å². The highest BCUT2D eigenvalue weighted by Crippen LogP contribution is 2.44. The molecule has 1 aromatic heterocycles. The predicted octanol–water partition coefficient (Wildman–Crippen LogP) is 4.84. The minimum atomic E-state index is -0.839. The highest BCUT2D eigenvalue weighted by atomic mass is 32.1. The fraction of sp³-hybridized carbons (Fsp3) is 0.158. The van der Waals surface area contributed by atoms with E-state index < -0.39 is 12.0 Å². The Morgan fingerprint density at radius 2 is 1.81 bits per heavy atom. The first-order chi connectivity index (χ1) is 12.6. The van der Waals surface area contributed by atoms with Gasteiger partial charge in [-0.25, -0.2) is 9.18 Å². The van der Waals surface area contributed by atoms with Crippen molar-refractivity contribution in [3.8, 4) is 10.8 Å². The molecule has 0 aliphatic heterocycles.